The zero-order valence-corrected chi connectivity index (χ0v) is 9.95. The minimum absolute atomic E-state index is 0.0842. The number of halogens is 2. The SMILES string of the molecule is CCOC(=O)Cc1nc(C(F)F)c(CN)cc1N. The Balaban J connectivity index is 3.05. The second-order valence-corrected chi connectivity index (χ2v) is 3.56. The van der Waals surface area contributed by atoms with Crippen molar-refractivity contribution in [1.29, 1.82) is 0 Å². The van der Waals surface area contributed by atoms with Crippen molar-refractivity contribution in [2.75, 3.05) is 12.3 Å². The van der Waals surface area contributed by atoms with Crippen LogP contribution in [0.3, 0.4) is 0 Å². The van der Waals surface area contributed by atoms with Gasteiger partial charge in [0.2, 0.25) is 0 Å². The lowest BCUT2D eigenvalue weighted by Crippen LogP contribution is -2.14. The summed E-state index contributed by atoms with van der Waals surface area (Å²) in [5.74, 6) is -0.558. The van der Waals surface area contributed by atoms with Crippen molar-refractivity contribution in [3.05, 3.63) is 23.0 Å². The Hall–Kier alpha value is -1.76. The number of nitrogen functional groups attached to an aromatic ring is 1. The van der Waals surface area contributed by atoms with Gasteiger partial charge in [0.15, 0.2) is 0 Å². The minimum Gasteiger partial charge on any atom is -0.466 e. The molecule has 0 amide bonds. The third kappa shape index (κ3) is 3.36. The number of hydrogen-bond acceptors (Lipinski definition) is 5. The van der Waals surface area contributed by atoms with Gasteiger partial charge in [-0.3, -0.25) is 4.79 Å². The molecular weight excluding hydrogens is 244 g/mol. The molecule has 1 heterocycles. The molecule has 0 saturated carbocycles. The molecule has 1 rings (SSSR count). The number of alkyl halides is 2. The maximum Gasteiger partial charge on any atom is 0.311 e. The van der Waals surface area contributed by atoms with Crippen LogP contribution in [0.15, 0.2) is 6.07 Å². The van der Waals surface area contributed by atoms with Crippen LogP contribution in [0.5, 0.6) is 0 Å². The summed E-state index contributed by atoms with van der Waals surface area (Å²) in [6, 6.07) is 1.32. The van der Waals surface area contributed by atoms with Crippen molar-refractivity contribution in [2.45, 2.75) is 26.3 Å². The number of esters is 1. The van der Waals surface area contributed by atoms with Crippen molar-refractivity contribution in [2.24, 2.45) is 5.73 Å². The number of pyridine rings is 1. The third-order valence-corrected chi connectivity index (χ3v) is 2.29. The van der Waals surface area contributed by atoms with Crippen LogP contribution in [0.1, 0.15) is 30.3 Å². The largest absolute Gasteiger partial charge is 0.466 e. The van der Waals surface area contributed by atoms with Gasteiger partial charge < -0.3 is 16.2 Å². The van der Waals surface area contributed by atoms with Crippen LogP contribution in [0, 0.1) is 0 Å². The Labute approximate surface area is 103 Å². The molecule has 0 fully saturated rings. The first kappa shape index (κ1) is 14.3. The highest BCUT2D eigenvalue weighted by Crippen LogP contribution is 2.24. The molecule has 1 aromatic rings. The van der Waals surface area contributed by atoms with Crippen LogP contribution in [-0.4, -0.2) is 17.6 Å². The number of aromatic nitrogens is 1. The fourth-order valence-corrected chi connectivity index (χ4v) is 1.47. The number of nitrogens with two attached hydrogens (primary N) is 2. The molecular formula is C11H15F2N3O2. The quantitative estimate of drug-likeness (QED) is 0.774. The second-order valence-electron chi connectivity index (χ2n) is 3.56. The van der Waals surface area contributed by atoms with Crippen LogP contribution in [0.2, 0.25) is 0 Å². The Morgan fingerprint density at radius 3 is 2.72 bits per heavy atom. The molecule has 100 valence electrons. The third-order valence-electron chi connectivity index (χ3n) is 2.29. The van der Waals surface area contributed by atoms with Gasteiger partial charge in [-0.25, -0.2) is 13.8 Å². The van der Waals surface area contributed by atoms with Gasteiger partial charge in [0.1, 0.15) is 5.69 Å². The summed E-state index contributed by atoms with van der Waals surface area (Å²) >= 11 is 0. The van der Waals surface area contributed by atoms with E-state index < -0.39 is 18.1 Å². The molecule has 0 bridgehead atoms. The first-order chi connectivity index (χ1) is 8.49. The number of hydrogen-bond donors (Lipinski definition) is 2. The van der Waals surface area contributed by atoms with E-state index in [9.17, 15) is 13.6 Å². The van der Waals surface area contributed by atoms with E-state index in [2.05, 4.69) is 4.98 Å². The summed E-state index contributed by atoms with van der Waals surface area (Å²) < 4.78 is 30.2. The molecule has 7 heteroatoms. The molecule has 18 heavy (non-hydrogen) atoms. The Morgan fingerprint density at radius 1 is 1.56 bits per heavy atom. The van der Waals surface area contributed by atoms with Gasteiger partial charge in [-0.05, 0) is 18.6 Å². The lowest BCUT2D eigenvalue weighted by atomic mass is 10.1. The fraction of sp³-hybridized carbons (Fsp3) is 0.455. The van der Waals surface area contributed by atoms with Crippen molar-refractivity contribution >= 4 is 11.7 Å². The predicted octanol–water partition coefficient (Wildman–Crippen LogP) is 1.17. The van der Waals surface area contributed by atoms with E-state index >= 15 is 0 Å². The zero-order chi connectivity index (χ0) is 13.7. The molecule has 0 atom stereocenters. The van der Waals surface area contributed by atoms with Crippen LogP contribution >= 0.6 is 0 Å². The molecule has 0 unspecified atom stereocenters. The lowest BCUT2D eigenvalue weighted by molar-refractivity contribution is -0.142. The normalized spacial score (nSPS) is 10.7. The summed E-state index contributed by atoms with van der Waals surface area (Å²) in [7, 11) is 0. The first-order valence-corrected chi connectivity index (χ1v) is 5.41. The zero-order valence-electron chi connectivity index (χ0n) is 9.95. The Kier molecular flexibility index (Phi) is 4.96. The molecule has 0 aliphatic rings. The van der Waals surface area contributed by atoms with Gasteiger partial charge in [-0.15, -0.1) is 0 Å². The number of nitrogens with zero attached hydrogens (tertiary/aromatic N) is 1. The number of anilines is 1. The minimum atomic E-state index is -2.76. The molecule has 0 saturated heterocycles. The number of carbonyl (C=O) groups is 1. The molecule has 4 N–H and O–H groups in total. The average molecular weight is 259 g/mol. The van der Waals surface area contributed by atoms with E-state index in [1.807, 2.05) is 0 Å². The molecule has 0 aliphatic heterocycles. The molecule has 0 spiro atoms. The summed E-state index contributed by atoms with van der Waals surface area (Å²) in [4.78, 5) is 15.0. The number of rotatable bonds is 5. The first-order valence-electron chi connectivity index (χ1n) is 5.41. The smallest absolute Gasteiger partial charge is 0.311 e. The monoisotopic (exact) mass is 259 g/mol. The highest BCUT2D eigenvalue weighted by Gasteiger charge is 2.18. The average Bonchev–Trinajstić information content (AvgIpc) is 2.31. The lowest BCUT2D eigenvalue weighted by Gasteiger charge is -2.11. The van der Waals surface area contributed by atoms with Gasteiger partial charge in [0.25, 0.3) is 6.43 Å². The van der Waals surface area contributed by atoms with Crippen molar-refractivity contribution in [3.8, 4) is 0 Å². The van der Waals surface area contributed by atoms with Gasteiger partial charge in [-0.1, -0.05) is 0 Å². The van der Waals surface area contributed by atoms with E-state index in [0.29, 0.717) is 0 Å². The van der Waals surface area contributed by atoms with Gasteiger partial charge in [0, 0.05) is 6.54 Å². The Morgan fingerprint density at radius 2 is 2.22 bits per heavy atom. The van der Waals surface area contributed by atoms with Crippen LogP contribution in [0.4, 0.5) is 14.5 Å². The summed E-state index contributed by atoms with van der Waals surface area (Å²) in [5, 5.41) is 0. The van der Waals surface area contributed by atoms with E-state index in [4.69, 9.17) is 16.2 Å². The second kappa shape index (κ2) is 6.25. The topological polar surface area (TPSA) is 91.2 Å². The van der Waals surface area contributed by atoms with E-state index in [-0.39, 0.29) is 36.5 Å². The molecule has 5 nitrogen and oxygen atoms in total. The molecule has 1 aromatic heterocycles. The van der Waals surface area contributed by atoms with Gasteiger partial charge >= 0.3 is 5.97 Å². The maximum atomic E-state index is 12.7. The van der Waals surface area contributed by atoms with E-state index in [0.717, 1.165) is 0 Å². The molecule has 0 radical (unpaired) electrons. The van der Waals surface area contributed by atoms with Gasteiger partial charge in [-0.2, -0.15) is 0 Å². The fourth-order valence-electron chi connectivity index (χ4n) is 1.47. The molecule has 0 aliphatic carbocycles. The standard InChI is InChI=1S/C11H15F2N3O2/c1-2-18-9(17)4-8-7(15)3-6(5-14)10(16-8)11(12)13/h3,11H,2,4-5,14-15H2,1H3. The summed E-state index contributed by atoms with van der Waals surface area (Å²) in [5.41, 5.74) is 11.0. The van der Waals surface area contributed by atoms with E-state index in [1.165, 1.54) is 6.07 Å². The van der Waals surface area contributed by atoms with Crippen molar-refractivity contribution in [3.63, 3.8) is 0 Å². The maximum absolute atomic E-state index is 12.7. The van der Waals surface area contributed by atoms with Crippen molar-refractivity contribution in [1.82, 2.24) is 4.98 Å². The van der Waals surface area contributed by atoms with Crippen LogP contribution < -0.4 is 11.5 Å². The predicted molar refractivity (Wildman–Crippen MR) is 61.8 cm³/mol. The van der Waals surface area contributed by atoms with Crippen LogP contribution in [0.25, 0.3) is 0 Å². The Bertz CT molecular complexity index is 439. The van der Waals surface area contributed by atoms with Crippen LogP contribution in [-0.2, 0) is 22.5 Å². The van der Waals surface area contributed by atoms with E-state index in [1.54, 1.807) is 6.92 Å². The molecule has 0 aromatic carbocycles. The number of ether oxygens (including phenoxy) is 1. The number of carbonyl (C=O) groups excluding carboxylic acids is 1. The highest BCUT2D eigenvalue weighted by atomic mass is 19.3. The van der Waals surface area contributed by atoms with Crippen molar-refractivity contribution < 1.29 is 18.3 Å². The highest BCUT2D eigenvalue weighted by molar-refractivity contribution is 5.74. The van der Waals surface area contributed by atoms with Gasteiger partial charge in [0.05, 0.1) is 24.4 Å². The summed E-state index contributed by atoms with van der Waals surface area (Å²) in [6.45, 7) is 1.77. The summed E-state index contributed by atoms with van der Waals surface area (Å²) in [6.07, 6.45) is -2.99.